The first kappa shape index (κ1) is 11.5. The highest BCUT2D eigenvalue weighted by Gasteiger charge is 2.23. The summed E-state index contributed by atoms with van der Waals surface area (Å²) < 4.78 is 13.3. The van der Waals surface area contributed by atoms with Crippen LogP contribution >= 0.6 is 0 Å². The van der Waals surface area contributed by atoms with E-state index in [1.807, 2.05) is 0 Å². The third-order valence-corrected chi connectivity index (χ3v) is 2.25. The first-order valence-electron chi connectivity index (χ1n) is 4.39. The minimum atomic E-state index is -1.18. The van der Waals surface area contributed by atoms with Gasteiger partial charge in [0.1, 0.15) is 0 Å². The van der Waals surface area contributed by atoms with Crippen LogP contribution in [0.15, 0.2) is 12.1 Å². The summed E-state index contributed by atoms with van der Waals surface area (Å²) in [5, 5.41) is 18.2. The molecule has 0 heterocycles. The van der Waals surface area contributed by atoms with E-state index in [0.29, 0.717) is 0 Å². The summed E-state index contributed by atoms with van der Waals surface area (Å²) in [5.74, 6) is -3.70. The van der Waals surface area contributed by atoms with Crippen molar-refractivity contribution >= 4 is 5.97 Å². The molecule has 0 amide bonds. The molecular weight excluding hydrogens is 201 g/mol. The molecule has 15 heavy (non-hydrogen) atoms. The van der Waals surface area contributed by atoms with E-state index in [0.717, 1.165) is 0 Å². The Balaban J connectivity index is 3.25. The van der Waals surface area contributed by atoms with Crippen molar-refractivity contribution in [3.63, 3.8) is 0 Å². The Hall–Kier alpha value is -1.62. The number of phenols is 1. The van der Waals surface area contributed by atoms with E-state index in [2.05, 4.69) is 0 Å². The van der Waals surface area contributed by atoms with Gasteiger partial charge in [-0.3, -0.25) is 4.79 Å². The second-order valence-corrected chi connectivity index (χ2v) is 3.26. The zero-order chi connectivity index (χ0) is 11.6. The maximum Gasteiger partial charge on any atom is 0.312 e. The molecule has 1 aromatic rings. The largest absolute Gasteiger partial charge is 0.505 e. The average Bonchev–Trinajstić information content (AvgIpc) is 2.18. The van der Waals surface area contributed by atoms with Crippen LogP contribution in [0.4, 0.5) is 4.39 Å². The van der Waals surface area contributed by atoms with Gasteiger partial charge in [0, 0.05) is 12.1 Å². The molecule has 0 saturated carbocycles. The summed E-state index contributed by atoms with van der Waals surface area (Å²) in [6.45, 7) is 1.29. The predicted molar refractivity (Wildman–Crippen MR) is 52.2 cm³/mol. The molecule has 0 aliphatic heterocycles. The predicted octanol–water partition coefficient (Wildman–Crippen LogP) is 0.967. The van der Waals surface area contributed by atoms with Crippen LogP contribution < -0.4 is 5.73 Å². The maximum atomic E-state index is 13.3. The summed E-state index contributed by atoms with van der Waals surface area (Å²) >= 11 is 0. The van der Waals surface area contributed by atoms with E-state index < -0.39 is 23.5 Å². The monoisotopic (exact) mass is 213 g/mol. The molecule has 1 aromatic carbocycles. The van der Waals surface area contributed by atoms with Gasteiger partial charge in [0.25, 0.3) is 0 Å². The smallest absolute Gasteiger partial charge is 0.312 e. The lowest BCUT2D eigenvalue weighted by molar-refractivity contribution is -0.138. The molecule has 0 spiro atoms. The second kappa shape index (κ2) is 4.27. The number of aromatic hydroxyl groups is 1. The van der Waals surface area contributed by atoms with Gasteiger partial charge in [0.05, 0.1) is 5.92 Å². The van der Waals surface area contributed by atoms with Crippen LogP contribution in [0.5, 0.6) is 5.75 Å². The fourth-order valence-electron chi connectivity index (χ4n) is 1.32. The number of nitrogens with two attached hydrogens (primary N) is 1. The number of aliphatic carboxylic acids is 1. The third-order valence-electron chi connectivity index (χ3n) is 2.25. The van der Waals surface area contributed by atoms with Gasteiger partial charge in [0.15, 0.2) is 11.6 Å². The van der Waals surface area contributed by atoms with Gasteiger partial charge in [-0.2, -0.15) is 0 Å². The summed E-state index contributed by atoms with van der Waals surface area (Å²) in [7, 11) is 0. The lowest BCUT2D eigenvalue weighted by Crippen LogP contribution is -2.21. The first-order chi connectivity index (χ1) is 6.99. The van der Waals surface area contributed by atoms with Crippen LogP contribution in [0, 0.1) is 12.7 Å². The molecular formula is C10H12FNO3. The van der Waals surface area contributed by atoms with Gasteiger partial charge in [-0.05, 0) is 12.5 Å². The number of carboxylic acids is 1. The van der Waals surface area contributed by atoms with Gasteiger partial charge in [-0.1, -0.05) is 12.1 Å². The molecule has 0 bridgehead atoms. The van der Waals surface area contributed by atoms with Crippen molar-refractivity contribution in [1.29, 1.82) is 0 Å². The molecule has 1 atom stereocenters. The number of hydrogen-bond acceptors (Lipinski definition) is 3. The fraction of sp³-hybridized carbons (Fsp3) is 0.300. The molecule has 0 aromatic heterocycles. The Bertz CT molecular complexity index is 392. The molecule has 1 unspecified atom stereocenters. The average molecular weight is 213 g/mol. The lowest BCUT2D eigenvalue weighted by Gasteiger charge is -2.13. The normalized spacial score (nSPS) is 12.5. The summed E-state index contributed by atoms with van der Waals surface area (Å²) in [4.78, 5) is 10.8. The quantitative estimate of drug-likeness (QED) is 0.698. The van der Waals surface area contributed by atoms with Gasteiger partial charge in [-0.25, -0.2) is 4.39 Å². The van der Waals surface area contributed by atoms with Crippen LogP contribution in [0.25, 0.3) is 0 Å². The van der Waals surface area contributed by atoms with Crippen LogP contribution in [0.1, 0.15) is 17.0 Å². The third kappa shape index (κ3) is 2.07. The highest BCUT2D eigenvalue weighted by atomic mass is 19.1. The molecule has 0 fully saturated rings. The Labute approximate surface area is 86.1 Å². The Morgan fingerprint density at radius 1 is 1.60 bits per heavy atom. The van der Waals surface area contributed by atoms with E-state index in [1.165, 1.54) is 19.1 Å². The zero-order valence-corrected chi connectivity index (χ0v) is 8.20. The molecule has 4 nitrogen and oxygen atoms in total. The Morgan fingerprint density at radius 2 is 2.20 bits per heavy atom. The molecule has 0 aliphatic rings. The minimum absolute atomic E-state index is 0.00750. The molecule has 0 saturated heterocycles. The maximum absolute atomic E-state index is 13.3. The van der Waals surface area contributed by atoms with Crippen LogP contribution in [-0.4, -0.2) is 22.7 Å². The van der Waals surface area contributed by atoms with Gasteiger partial charge in [-0.15, -0.1) is 0 Å². The number of hydrogen-bond donors (Lipinski definition) is 3. The number of aryl methyl sites for hydroxylation is 1. The molecule has 4 N–H and O–H groups in total. The number of carbonyl (C=O) groups is 1. The van der Waals surface area contributed by atoms with E-state index in [1.54, 1.807) is 0 Å². The standard InChI is InChI=1S/C10H12FNO3/c1-5-2-3-6(9(13)8(5)11)7(4-12)10(14)15/h2-3,7,13H,4,12H2,1H3,(H,14,15). The molecule has 0 radical (unpaired) electrons. The number of benzene rings is 1. The molecule has 0 aliphatic carbocycles. The van der Waals surface area contributed by atoms with Gasteiger partial charge >= 0.3 is 5.97 Å². The lowest BCUT2D eigenvalue weighted by atomic mass is 9.97. The van der Waals surface area contributed by atoms with Crippen LogP contribution in [-0.2, 0) is 4.79 Å². The van der Waals surface area contributed by atoms with E-state index in [-0.39, 0.29) is 17.7 Å². The zero-order valence-electron chi connectivity index (χ0n) is 8.20. The first-order valence-corrected chi connectivity index (χ1v) is 4.39. The summed E-state index contributed by atoms with van der Waals surface area (Å²) in [6, 6.07) is 2.79. The molecule has 1 rings (SSSR count). The Kier molecular flexibility index (Phi) is 3.26. The highest BCUT2D eigenvalue weighted by molar-refractivity contribution is 5.77. The van der Waals surface area contributed by atoms with Gasteiger partial charge < -0.3 is 15.9 Å². The SMILES string of the molecule is Cc1ccc(C(CN)C(=O)O)c(O)c1F. The summed E-state index contributed by atoms with van der Waals surface area (Å²) in [5.41, 5.74) is 5.52. The number of rotatable bonds is 3. The molecule has 82 valence electrons. The van der Waals surface area contributed by atoms with Crippen molar-refractivity contribution < 1.29 is 19.4 Å². The Morgan fingerprint density at radius 3 is 2.67 bits per heavy atom. The van der Waals surface area contributed by atoms with E-state index >= 15 is 0 Å². The van der Waals surface area contributed by atoms with Crippen molar-refractivity contribution in [3.8, 4) is 5.75 Å². The number of carboxylic acid groups (broad SMARTS) is 1. The van der Waals surface area contributed by atoms with E-state index in [9.17, 15) is 14.3 Å². The van der Waals surface area contributed by atoms with Crippen molar-refractivity contribution in [2.45, 2.75) is 12.8 Å². The molecule has 5 heteroatoms. The van der Waals surface area contributed by atoms with Crippen molar-refractivity contribution in [2.24, 2.45) is 5.73 Å². The minimum Gasteiger partial charge on any atom is -0.505 e. The number of halogens is 1. The van der Waals surface area contributed by atoms with Crippen molar-refractivity contribution in [1.82, 2.24) is 0 Å². The summed E-state index contributed by atoms with van der Waals surface area (Å²) in [6.07, 6.45) is 0. The van der Waals surface area contributed by atoms with Crippen molar-refractivity contribution in [2.75, 3.05) is 6.54 Å². The highest BCUT2D eigenvalue weighted by Crippen LogP contribution is 2.29. The van der Waals surface area contributed by atoms with E-state index in [4.69, 9.17) is 10.8 Å². The van der Waals surface area contributed by atoms with Gasteiger partial charge in [0.2, 0.25) is 0 Å². The van der Waals surface area contributed by atoms with Crippen molar-refractivity contribution in [3.05, 3.63) is 29.1 Å². The van der Waals surface area contributed by atoms with Crippen LogP contribution in [0.3, 0.4) is 0 Å². The second-order valence-electron chi connectivity index (χ2n) is 3.26. The topological polar surface area (TPSA) is 83.6 Å². The van der Waals surface area contributed by atoms with Crippen LogP contribution in [0.2, 0.25) is 0 Å². The number of phenolic OH excluding ortho intramolecular Hbond substituents is 1. The fourth-order valence-corrected chi connectivity index (χ4v) is 1.32.